The number of nitrogens with zero attached hydrogens (tertiary/aromatic N) is 1. The van der Waals surface area contributed by atoms with E-state index < -0.39 is 16.1 Å². The molecule has 0 radical (unpaired) electrons. The molecule has 1 unspecified atom stereocenters. The third-order valence-electron chi connectivity index (χ3n) is 3.27. The van der Waals surface area contributed by atoms with Gasteiger partial charge in [0.15, 0.2) is 0 Å². The van der Waals surface area contributed by atoms with Gasteiger partial charge in [-0.15, -0.1) is 0 Å². The van der Waals surface area contributed by atoms with E-state index >= 15 is 0 Å². The van der Waals surface area contributed by atoms with E-state index in [0.717, 1.165) is 12.0 Å². The third kappa shape index (κ3) is 2.84. The quantitative estimate of drug-likeness (QED) is 0.834. The Hall–Kier alpha value is -1.44. The van der Waals surface area contributed by atoms with Gasteiger partial charge in [-0.25, -0.2) is 13.1 Å². The second-order valence-corrected chi connectivity index (χ2v) is 6.63. The van der Waals surface area contributed by atoms with Crippen LogP contribution >= 0.6 is 0 Å². The number of hydrogen-bond donors (Lipinski definition) is 2. The van der Waals surface area contributed by atoms with Gasteiger partial charge in [-0.1, -0.05) is 6.07 Å². The Bertz CT molecular complexity index is 627. The molecule has 0 saturated heterocycles. The number of carbonyl (C=O) groups excluding carboxylic acids is 1. The zero-order valence-electron chi connectivity index (χ0n) is 11.5. The molecule has 20 heavy (non-hydrogen) atoms. The lowest BCUT2D eigenvalue weighted by atomic mass is 10.2. The molecule has 0 aliphatic carbocycles. The average Bonchev–Trinajstić information content (AvgIpc) is 2.80. The molecule has 2 rings (SSSR count). The number of amides is 1. The van der Waals surface area contributed by atoms with E-state index in [0.29, 0.717) is 12.2 Å². The van der Waals surface area contributed by atoms with Gasteiger partial charge >= 0.3 is 0 Å². The number of aliphatic hydroxyl groups excluding tert-OH is 1. The highest BCUT2D eigenvalue weighted by atomic mass is 32.2. The van der Waals surface area contributed by atoms with Crippen molar-refractivity contribution in [1.29, 1.82) is 0 Å². The summed E-state index contributed by atoms with van der Waals surface area (Å²) in [5.74, 6) is -0.102. The lowest BCUT2D eigenvalue weighted by Gasteiger charge is -2.16. The molecule has 0 aromatic heterocycles. The van der Waals surface area contributed by atoms with Gasteiger partial charge in [0.1, 0.15) is 0 Å². The molecular formula is C13H18N2O4S. The maximum Gasteiger partial charge on any atom is 0.240 e. The Morgan fingerprint density at radius 3 is 2.80 bits per heavy atom. The van der Waals surface area contributed by atoms with E-state index in [-0.39, 0.29) is 17.4 Å². The molecule has 0 fully saturated rings. The summed E-state index contributed by atoms with van der Waals surface area (Å²) in [6.45, 7) is 3.34. The topological polar surface area (TPSA) is 86.7 Å². The van der Waals surface area contributed by atoms with Crippen LogP contribution in [-0.2, 0) is 21.2 Å². The van der Waals surface area contributed by atoms with Crippen LogP contribution in [0.15, 0.2) is 23.1 Å². The fraction of sp³-hybridized carbons (Fsp3) is 0.462. The highest BCUT2D eigenvalue weighted by Gasteiger charge is 2.25. The van der Waals surface area contributed by atoms with Crippen LogP contribution < -0.4 is 9.62 Å². The van der Waals surface area contributed by atoms with Gasteiger partial charge in [-0.3, -0.25) is 4.79 Å². The first kappa shape index (κ1) is 15.0. The minimum atomic E-state index is -3.69. The van der Waals surface area contributed by atoms with Crippen molar-refractivity contribution in [2.75, 3.05) is 18.1 Å². The van der Waals surface area contributed by atoms with Crippen LogP contribution in [-0.4, -0.2) is 38.6 Å². The summed E-state index contributed by atoms with van der Waals surface area (Å²) in [5, 5.41) is 8.93. The Balaban J connectivity index is 2.36. The van der Waals surface area contributed by atoms with E-state index in [4.69, 9.17) is 5.11 Å². The third-order valence-corrected chi connectivity index (χ3v) is 4.86. The van der Waals surface area contributed by atoms with Crippen LogP contribution in [0.5, 0.6) is 0 Å². The average molecular weight is 298 g/mol. The molecule has 6 nitrogen and oxygen atoms in total. The maximum atomic E-state index is 12.2. The SMILES string of the molecule is CC(=O)N1CCc2ccc(S(=O)(=O)NC(C)CO)cc21. The van der Waals surface area contributed by atoms with E-state index in [2.05, 4.69) is 4.72 Å². The normalized spacial score (nSPS) is 16.1. The van der Waals surface area contributed by atoms with Crippen molar-refractivity contribution >= 4 is 21.6 Å². The Morgan fingerprint density at radius 2 is 2.20 bits per heavy atom. The summed E-state index contributed by atoms with van der Waals surface area (Å²) in [6.07, 6.45) is 0.732. The predicted octanol–water partition coefficient (Wildman–Crippen LogP) is 0.255. The Kier molecular flexibility index (Phi) is 4.12. The molecule has 7 heteroatoms. The highest BCUT2D eigenvalue weighted by Crippen LogP contribution is 2.30. The number of aliphatic hydroxyl groups is 1. The van der Waals surface area contributed by atoms with Crippen molar-refractivity contribution < 1.29 is 18.3 Å². The molecule has 1 aromatic carbocycles. The lowest BCUT2D eigenvalue weighted by molar-refractivity contribution is -0.116. The van der Waals surface area contributed by atoms with Crippen LogP contribution in [0.3, 0.4) is 0 Å². The molecule has 1 aliphatic rings. The van der Waals surface area contributed by atoms with Gasteiger partial charge in [-0.2, -0.15) is 0 Å². The van der Waals surface area contributed by atoms with Gasteiger partial charge in [0.25, 0.3) is 0 Å². The molecule has 110 valence electrons. The van der Waals surface area contributed by atoms with Crippen molar-refractivity contribution in [3.8, 4) is 0 Å². The molecule has 1 aliphatic heterocycles. The summed E-state index contributed by atoms with van der Waals surface area (Å²) in [5.41, 5.74) is 1.62. The van der Waals surface area contributed by atoms with Gasteiger partial charge in [0.05, 0.1) is 11.5 Å². The van der Waals surface area contributed by atoms with Gasteiger partial charge in [-0.05, 0) is 31.0 Å². The molecular weight excluding hydrogens is 280 g/mol. The number of benzene rings is 1. The van der Waals surface area contributed by atoms with E-state index in [1.807, 2.05) is 0 Å². The van der Waals surface area contributed by atoms with Crippen LogP contribution in [0, 0.1) is 0 Å². The maximum absolute atomic E-state index is 12.2. The molecule has 1 heterocycles. The molecule has 2 N–H and O–H groups in total. The number of nitrogens with one attached hydrogen (secondary N) is 1. The summed E-state index contributed by atoms with van der Waals surface area (Å²) >= 11 is 0. The molecule has 1 amide bonds. The second kappa shape index (κ2) is 5.51. The minimum absolute atomic E-state index is 0.102. The zero-order valence-corrected chi connectivity index (χ0v) is 12.3. The van der Waals surface area contributed by atoms with Gasteiger partial charge in [0.2, 0.25) is 15.9 Å². The van der Waals surface area contributed by atoms with E-state index in [9.17, 15) is 13.2 Å². The molecule has 1 aromatic rings. The first-order chi connectivity index (χ1) is 9.35. The number of anilines is 1. The van der Waals surface area contributed by atoms with E-state index in [1.54, 1.807) is 17.9 Å². The first-order valence-corrected chi connectivity index (χ1v) is 7.87. The first-order valence-electron chi connectivity index (χ1n) is 6.39. The van der Waals surface area contributed by atoms with Gasteiger partial charge in [0, 0.05) is 25.2 Å². The van der Waals surface area contributed by atoms with Gasteiger partial charge < -0.3 is 10.0 Å². The van der Waals surface area contributed by atoms with Crippen LogP contribution in [0.25, 0.3) is 0 Å². The van der Waals surface area contributed by atoms with E-state index in [1.165, 1.54) is 19.1 Å². The van der Waals surface area contributed by atoms with Crippen molar-refractivity contribution in [2.24, 2.45) is 0 Å². The molecule has 1 atom stereocenters. The molecule has 0 saturated carbocycles. The summed E-state index contributed by atoms with van der Waals surface area (Å²) in [4.78, 5) is 13.2. The highest BCUT2D eigenvalue weighted by molar-refractivity contribution is 7.89. The molecule has 0 bridgehead atoms. The lowest BCUT2D eigenvalue weighted by Crippen LogP contribution is -2.35. The van der Waals surface area contributed by atoms with Crippen molar-refractivity contribution in [3.05, 3.63) is 23.8 Å². The zero-order chi connectivity index (χ0) is 14.9. The number of rotatable bonds is 4. The number of hydrogen-bond acceptors (Lipinski definition) is 4. The fourth-order valence-corrected chi connectivity index (χ4v) is 3.48. The number of fused-ring (bicyclic) bond motifs is 1. The van der Waals surface area contributed by atoms with Crippen LogP contribution in [0.2, 0.25) is 0 Å². The van der Waals surface area contributed by atoms with Crippen LogP contribution in [0.1, 0.15) is 19.4 Å². The minimum Gasteiger partial charge on any atom is -0.395 e. The monoisotopic (exact) mass is 298 g/mol. The Morgan fingerprint density at radius 1 is 1.50 bits per heavy atom. The van der Waals surface area contributed by atoms with Crippen molar-refractivity contribution in [3.63, 3.8) is 0 Å². The number of sulfonamides is 1. The van der Waals surface area contributed by atoms with Crippen molar-refractivity contribution in [1.82, 2.24) is 4.72 Å². The predicted molar refractivity (Wildman–Crippen MR) is 75.0 cm³/mol. The van der Waals surface area contributed by atoms with Crippen molar-refractivity contribution in [2.45, 2.75) is 31.2 Å². The number of carbonyl (C=O) groups is 1. The fourth-order valence-electron chi connectivity index (χ4n) is 2.22. The smallest absolute Gasteiger partial charge is 0.240 e. The Labute approximate surface area is 118 Å². The molecule has 0 spiro atoms. The summed E-state index contributed by atoms with van der Waals surface area (Å²) in [6, 6.07) is 4.21. The summed E-state index contributed by atoms with van der Waals surface area (Å²) < 4.78 is 26.7. The second-order valence-electron chi connectivity index (χ2n) is 4.92. The summed E-state index contributed by atoms with van der Waals surface area (Å²) in [7, 11) is -3.69. The van der Waals surface area contributed by atoms with Crippen LogP contribution in [0.4, 0.5) is 5.69 Å². The standard InChI is InChI=1S/C13H18N2O4S/c1-9(8-16)14-20(18,19)12-4-3-11-5-6-15(10(2)17)13(11)7-12/h3-4,7,9,14,16H,5-6,8H2,1-2H3. The largest absolute Gasteiger partial charge is 0.395 e.